The van der Waals surface area contributed by atoms with Gasteiger partial charge in [0.05, 0.1) is 5.75 Å². The smallest absolute Gasteiger partial charge is 0.218 e. The second kappa shape index (κ2) is 5.64. The molecule has 4 nitrogen and oxygen atoms in total. The van der Waals surface area contributed by atoms with Crippen LogP contribution < -0.4 is 0 Å². The molecule has 1 aromatic rings. The SMILES string of the molecule is O=S(=O)(Cc1ccccc1Cl)N1CCN2CCC[C@@H]2C1. The topological polar surface area (TPSA) is 40.6 Å². The predicted octanol–water partition coefficient (Wildman–Crippen LogP) is 1.95. The molecule has 2 aliphatic heterocycles. The highest BCUT2D eigenvalue weighted by molar-refractivity contribution is 7.88. The van der Waals surface area contributed by atoms with E-state index in [9.17, 15) is 8.42 Å². The van der Waals surface area contributed by atoms with Crippen molar-refractivity contribution in [2.45, 2.75) is 24.6 Å². The molecule has 2 saturated heterocycles. The van der Waals surface area contributed by atoms with E-state index in [-0.39, 0.29) is 5.75 Å². The van der Waals surface area contributed by atoms with Gasteiger partial charge in [0.25, 0.3) is 0 Å². The maximum Gasteiger partial charge on any atom is 0.218 e. The molecule has 0 aromatic heterocycles. The summed E-state index contributed by atoms with van der Waals surface area (Å²) < 4.78 is 26.7. The van der Waals surface area contributed by atoms with Crippen LogP contribution >= 0.6 is 11.6 Å². The van der Waals surface area contributed by atoms with Crippen LogP contribution in [-0.4, -0.2) is 49.8 Å². The molecule has 0 unspecified atom stereocenters. The van der Waals surface area contributed by atoms with Crippen LogP contribution in [0.2, 0.25) is 5.02 Å². The average molecular weight is 315 g/mol. The zero-order valence-electron chi connectivity index (χ0n) is 11.3. The second-order valence-electron chi connectivity index (χ2n) is 5.54. The van der Waals surface area contributed by atoms with Gasteiger partial charge in [0, 0.05) is 30.7 Å². The highest BCUT2D eigenvalue weighted by Gasteiger charge is 2.35. The minimum Gasteiger partial charge on any atom is -0.298 e. The number of piperazine rings is 1. The van der Waals surface area contributed by atoms with Crippen molar-refractivity contribution in [2.24, 2.45) is 0 Å². The van der Waals surface area contributed by atoms with Gasteiger partial charge in [0.15, 0.2) is 0 Å². The Morgan fingerprint density at radius 1 is 1.20 bits per heavy atom. The van der Waals surface area contributed by atoms with E-state index in [4.69, 9.17) is 11.6 Å². The Kier molecular flexibility index (Phi) is 4.04. The van der Waals surface area contributed by atoms with Crippen LogP contribution in [0.3, 0.4) is 0 Å². The molecule has 20 heavy (non-hydrogen) atoms. The molecule has 0 spiro atoms. The molecule has 0 aliphatic carbocycles. The summed E-state index contributed by atoms with van der Waals surface area (Å²) in [5, 5.41) is 0.524. The fraction of sp³-hybridized carbons (Fsp3) is 0.571. The number of halogens is 1. The Balaban J connectivity index is 1.74. The number of nitrogens with zero attached hydrogens (tertiary/aromatic N) is 2. The summed E-state index contributed by atoms with van der Waals surface area (Å²) in [6.45, 7) is 3.20. The maximum atomic E-state index is 12.5. The summed E-state index contributed by atoms with van der Waals surface area (Å²) in [5.74, 6) is -0.000602. The van der Waals surface area contributed by atoms with Crippen molar-refractivity contribution in [2.75, 3.05) is 26.2 Å². The average Bonchev–Trinajstić information content (AvgIpc) is 2.88. The fourth-order valence-electron chi connectivity index (χ4n) is 3.12. The van der Waals surface area contributed by atoms with Gasteiger partial charge >= 0.3 is 0 Å². The van der Waals surface area contributed by atoms with Crippen LogP contribution in [0.4, 0.5) is 0 Å². The highest BCUT2D eigenvalue weighted by atomic mass is 35.5. The first kappa shape index (κ1) is 14.3. The third-order valence-corrected chi connectivity index (χ3v) is 6.40. The molecule has 2 fully saturated rings. The summed E-state index contributed by atoms with van der Waals surface area (Å²) in [6, 6.07) is 7.57. The molecule has 3 rings (SSSR count). The molecule has 1 aromatic carbocycles. The predicted molar refractivity (Wildman–Crippen MR) is 80.2 cm³/mol. The van der Waals surface area contributed by atoms with Crippen molar-refractivity contribution in [3.63, 3.8) is 0 Å². The molecule has 0 saturated carbocycles. The Bertz CT molecular complexity index is 591. The number of hydrogen-bond acceptors (Lipinski definition) is 3. The van der Waals surface area contributed by atoms with Crippen LogP contribution in [0.5, 0.6) is 0 Å². The second-order valence-corrected chi connectivity index (χ2v) is 7.91. The first-order valence-electron chi connectivity index (χ1n) is 7.01. The molecule has 1 atom stereocenters. The Morgan fingerprint density at radius 3 is 2.80 bits per heavy atom. The van der Waals surface area contributed by atoms with E-state index >= 15 is 0 Å². The molecular weight excluding hydrogens is 296 g/mol. The zero-order valence-corrected chi connectivity index (χ0v) is 12.9. The normalized spacial score (nSPS) is 24.8. The van der Waals surface area contributed by atoms with Crippen LogP contribution in [0.1, 0.15) is 18.4 Å². The van der Waals surface area contributed by atoms with Crippen molar-refractivity contribution >= 4 is 21.6 Å². The fourth-order valence-corrected chi connectivity index (χ4v) is 4.99. The van der Waals surface area contributed by atoms with E-state index in [0.29, 0.717) is 29.7 Å². The number of rotatable bonds is 3. The van der Waals surface area contributed by atoms with Crippen LogP contribution in [0, 0.1) is 0 Å². The number of benzene rings is 1. The van der Waals surface area contributed by atoms with E-state index < -0.39 is 10.0 Å². The van der Waals surface area contributed by atoms with Crippen LogP contribution in [0.15, 0.2) is 24.3 Å². The van der Waals surface area contributed by atoms with E-state index in [0.717, 1.165) is 19.5 Å². The molecular formula is C14H19ClN2O2S. The maximum absolute atomic E-state index is 12.5. The molecule has 0 N–H and O–H groups in total. The monoisotopic (exact) mass is 314 g/mol. The Morgan fingerprint density at radius 2 is 2.00 bits per heavy atom. The largest absolute Gasteiger partial charge is 0.298 e. The molecule has 0 bridgehead atoms. The van der Waals surface area contributed by atoms with E-state index in [1.165, 1.54) is 6.42 Å². The number of hydrogen-bond donors (Lipinski definition) is 0. The van der Waals surface area contributed by atoms with Crippen LogP contribution in [0.25, 0.3) is 0 Å². The van der Waals surface area contributed by atoms with E-state index in [1.54, 1.807) is 16.4 Å². The molecule has 0 radical (unpaired) electrons. The minimum atomic E-state index is -3.28. The number of sulfonamides is 1. The molecule has 110 valence electrons. The Labute approximate surface area is 125 Å². The minimum absolute atomic E-state index is 0.000602. The van der Waals surface area contributed by atoms with Crippen molar-refractivity contribution in [3.8, 4) is 0 Å². The molecule has 2 heterocycles. The lowest BCUT2D eigenvalue weighted by atomic mass is 10.2. The molecule has 6 heteroatoms. The van der Waals surface area contributed by atoms with Crippen LogP contribution in [-0.2, 0) is 15.8 Å². The van der Waals surface area contributed by atoms with Crippen molar-refractivity contribution in [1.29, 1.82) is 0 Å². The van der Waals surface area contributed by atoms with Crippen molar-refractivity contribution in [1.82, 2.24) is 9.21 Å². The lowest BCUT2D eigenvalue weighted by Crippen LogP contribution is -2.52. The van der Waals surface area contributed by atoms with Gasteiger partial charge in [-0.3, -0.25) is 4.90 Å². The summed E-state index contributed by atoms with van der Waals surface area (Å²) in [5.41, 5.74) is 0.683. The summed E-state index contributed by atoms with van der Waals surface area (Å²) in [4.78, 5) is 2.40. The van der Waals surface area contributed by atoms with Crippen molar-refractivity contribution < 1.29 is 8.42 Å². The Hall–Kier alpha value is -0.620. The summed E-state index contributed by atoms with van der Waals surface area (Å²) >= 11 is 6.07. The number of fused-ring (bicyclic) bond motifs is 1. The van der Waals surface area contributed by atoms with Gasteiger partial charge in [-0.15, -0.1) is 0 Å². The van der Waals surface area contributed by atoms with Gasteiger partial charge in [0.2, 0.25) is 10.0 Å². The van der Waals surface area contributed by atoms with E-state index in [2.05, 4.69) is 4.90 Å². The van der Waals surface area contributed by atoms with Crippen molar-refractivity contribution in [3.05, 3.63) is 34.9 Å². The third-order valence-electron chi connectivity index (χ3n) is 4.24. The first-order valence-corrected chi connectivity index (χ1v) is 9.00. The summed E-state index contributed by atoms with van der Waals surface area (Å²) in [6.07, 6.45) is 2.29. The third kappa shape index (κ3) is 2.86. The lowest BCUT2D eigenvalue weighted by Gasteiger charge is -2.36. The van der Waals surface area contributed by atoms with Gasteiger partial charge in [0.1, 0.15) is 0 Å². The lowest BCUT2D eigenvalue weighted by molar-refractivity contribution is 0.158. The summed E-state index contributed by atoms with van der Waals surface area (Å²) in [7, 11) is -3.28. The standard InChI is InChI=1S/C14H19ClN2O2S/c15-14-6-2-1-4-12(14)11-20(18,19)17-9-8-16-7-3-5-13(16)10-17/h1-2,4,6,13H,3,5,7-11H2/t13-/m1/s1. The molecule has 2 aliphatic rings. The highest BCUT2D eigenvalue weighted by Crippen LogP contribution is 2.25. The van der Waals surface area contributed by atoms with Gasteiger partial charge in [-0.25, -0.2) is 8.42 Å². The quantitative estimate of drug-likeness (QED) is 0.856. The zero-order chi connectivity index (χ0) is 14.2. The van der Waals surface area contributed by atoms with Gasteiger partial charge in [-0.1, -0.05) is 29.8 Å². The van der Waals surface area contributed by atoms with E-state index in [1.807, 2.05) is 12.1 Å². The first-order chi connectivity index (χ1) is 9.56. The molecule has 0 amide bonds. The van der Waals surface area contributed by atoms with Gasteiger partial charge < -0.3 is 0 Å². The van der Waals surface area contributed by atoms with Gasteiger partial charge in [-0.2, -0.15) is 4.31 Å². The van der Waals surface area contributed by atoms with Gasteiger partial charge in [-0.05, 0) is 31.0 Å².